The summed E-state index contributed by atoms with van der Waals surface area (Å²) in [5.74, 6) is 1.47. The van der Waals surface area contributed by atoms with E-state index in [1.54, 1.807) is 12.1 Å². The van der Waals surface area contributed by atoms with Crippen LogP contribution in [-0.4, -0.2) is 53.6 Å². The highest BCUT2D eigenvalue weighted by Gasteiger charge is 2.21. The fourth-order valence-corrected chi connectivity index (χ4v) is 3.98. The predicted octanol–water partition coefficient (Wildman–Crippen LogP) is 4.76. The topological polar surface area (TPSA) is 91.4 Å². The van der Waals surface area contributed by atoms with Crippen LogP contribution in [0.3, 0.4) is 0 Å². The van der Waals surface area contributed by atoms with Gasteiger partial charge in [0.05, 0.1) is 17.4 Å². The Hall–Kier alpha value is -3.36. The number of hydrogen-bond acceptors (Lipinski definition) is 7. The number of nitrogens with one attached hydrogen (secondary N) is 3. The standard InChI is InChI=1S/C25H29ClN6O2/c1-4-27-24(33)19-7-5-6-8-22(19)29-23-20(26)14-28-25(31-23)30-21-10-9-17(13-16(21)2)34-18-11-12-32(3)15-18/h5-10,13-14,18H,4,11-12,15H2,1-3H3,(H,27,33)(H2,28,29,30,31)/t18-/m0/s1. The number of likely N-dealkylation sites (tertiary alicyclic amines) is 1. The van der Waals surface area contributed by atoms with Crippen molar-refractivity contribution in [1.29, 1.82) is 0 Å². The molecular formula is C25H29ClN6O2. The van der Waals surface area contributed by atoms with Gasteiger partial charge in [0.2, 0.25) is 5.95 Å². The van der Waals surface area contributed by atoms with E-state index >= 15 is 0 Å². The summed E-state index contributed by atoms with van der Waals surface area (Å²) in [4.78, 5) is 23.5. The molecule has 3 aromatic rings. The number of ether oxygens (including phenoxy) is 1. The van der Waals surface area contributed by atoms with Gasteiger partial charge in [-0.2, -0.15) is 4.98 Å². The molecule has 8 nitrogen and oxygen atoms in total. The van der Waals surface area contributed by atoms with Crippen LogP contribution in [-0.2, 0) is 0 Å². The zero-order valence-corrected chi connectivity index (χ0v) is 20.3. The summed E-state index contributed by atoms with van der Waals surface area (Å²) in [6, 6.07) is 13.1. The van der Waals surface area contributed by atoms with Crippen molar-refractivity contribution in [3.63, 3.8) is 0 Å². The van der Waals surface area contributed by atoms with Crippen molar-refractivity contribution in [3.05, 3.63) is 64.8 Å². The lowest BCUT2D eigenvalue weighted by atomic mass is 10.1. The molecule has 0 bridgehead atoms. The number of nitrogens with zero attached hydrogens (tertiary/aromatic N) is 3. The van der Waals surface area contributed by atoms with E-state index in [9.17, 15) is 4.79 Å². The SMILES string of the molecule is CCNC(=O)c1ccccc1Nc1nc(Nc2ccc(O[C@H]3CCN(C)C3)cc2C)ncc1Cl. The molecule has 0 radical (unpaired) electrons. The third kappa shape index (κ3) is 5.76. The highest BCUT2D eigenvalue weighted by Crippen LogP contribution is 2.29. The molecule has 1 aromatic heterocycles. The third-order valence-corrected chi connectivity index (χ3v) is 5.88. The van der Waals surface area contributed by atoms with Crippen molar-refractivity contribution in [3.8, 4) is 5.75 Å². The van der Waals surface area contributed by atoms with E-state index < -0.39 is 0 Å². The fourth-order valence-electron chi connectivity index (χ4n) is 3.84. The van der Waals surface area contributed by atoms with Crippen molar-refractivity contribution >= 4 is 40.6 Å². The summed E-state index contributed by atoms with van der Waals surface area (Å²) < 4.78 is 6.12. The van der Waals surface area contributed by atoms with Gasteiger partial charge in [-0.25, -0.2) is 4.98 Å². The number of amides is 1. The minimum absolute atomic E-state index is 0.170. The van der Waals surface area contributed by atoms with Gasteiger partial charge < -0.3 is 25.6 Å². The predicted molar refractivity (Wildman–Crippen MR) is 136 cm³/mol. The fraction of sp³-hybridized carbons (Fsp3) is 0.320. The molecule has 0 saturated carbocycles. The Kier molecular flexibility index (Phi) is 7.49. The van der Waals surface area contributed by atoms with Gasteiger partial charge in [-0.1, -0.05) is 23.7 Å². The van der Waals surface area contributed by atoms with E-state index in [0.29, 0.717) is 34.6 Å². The quantitative estimate of drug-likeness (QED) is 0.428. The van der Waals surface area contributed by atoms with E-state index in [0.717, 1.165) is 36.5 Å². The lowest BCUT2D eigenvalue weighted by molar-refractivity contribution is 0.0956. The van der Waals surface area contributed by atoms with E-state index in [4.69, 9.17) is 16.3 Å². The molecule has 9 heteroatoms. The van der Waals surface area contributed by atoms with Crippen molar-refractivity contribution in [2.75, 3.05) is 37.3 Å². The van der Waals surface area contributed by atoms with Gasteiger partial charge in [-0.05, 0) is 63.2 Å². The second kappa shape index (κ2) is 10.7. The number of halogens is 1. The number of aromatic nitrogens is 2. The first-order chi connectivity index (χ1) is 16.4. The Bertz CT molecular complexity index is 1170. The minimum Gasteiger partial charge on any atom is -0.489 e. The van der Waals surface area contributed by atoms with Gasteiger partial charge in [0.1, 0.15) is 16.9 Å². The Morgan fingerprint density at radius 2 is 2.03 bits per heavy atom. The Morgan fingerprint density at radius 1 is 1.21 bits per heavy atom. The van der Waals surface area contributed by atoms with Crippen LogP contribution in [0.1, 0.15) is 29.3 Å². The molecule has 0 unspecified atom stereocenters. The lowest BCUT2D eigenvalue weighted by Gasteiger charge is -2.16. The van der Waals surface area contributed by atoms with E-state index in [2.05, 4.69) is 37.9 Å². The number of carbonyl (C=O) groups excluding carboxylic acids is 1. The maximum atomic E-state index is 12.4. The van der Waals surface area contributed by atoms with E-state index in [-0.39, 0.29) is 12.0 Å². The van der Waals surface area contributed by atoms with Crippen molar-refractivity contribution in [2.45, 2.75) is 26.4 Å². The van der Waals surface area contributed by atoms with Crippen molar-refractivity contribution < 1.29 is 9.53 Å². The Balaban J connectivity index is 1.49. The molecule has 1 atom stereocenters. The number of anilines is 4. The van der Waals surface area contributed by atoms with E-state index in [1.165, 1.54) is 6.20 Å². The number of rotatable bonds is 8. The maximum absolute atomic E-state index is 12.4. The van der Waals surface area contributed by atoms with Crippen LogP contribution < -0.4 is 20.7 Å². The molecule has 178 valence electrons. The normalized spacial score (nSPS) is 15.7. The van der Waals surface area contributed by atoms with Crippen molar-refractivity contribution in [2.24, 2.45) is 0 Å². The number of aryl methyl sites for hydroxylation is 1. The largest absolute Gasteiger partial charge is 0.489 e. The zero-order chi connectivity index (χ0) is 24.1. The van der Waals surface area contributed by atoms with Crippen molar-refractivity contribution in [1.82, 2.24) is 20.2 Å². The summed E-state index contributed by atoms with van der Waals surface area (Å²) >= 11 is 6.35. The molecule has 0 spiro atoms. The molecule has 1 fully saturated rings. The number of carbonyl (C=O) groups is 1. The molecule has 34 heavy (non-hydrogen) atoms. The molecular weight excluding hydrogens is 452 g/mol. The molecule has 2 aromatic carbocycles. The van der Waals surface area contributed by atoms with Crippen LogP contribution >= 0.6 is 11.6 Å². The highest BCUT2D eigenvalue weighted by molar-refractivity contribution is 6.33. The first-order valence-electron chi connectivity index (χ1n) is 11.3. The molecule has 1 aliphatic heterocycles. The second-order valence-corrected chi connectivity index (χ2v) is 8.72. The summed E-state index contributed by atoms with van der Waals surface area (Å²) in [6.07, 6.45) is 2.78. The average Bonchev–Trinajstić information content (AvgIpc) is 3.22. The molecule has 2 heterocycles. The lowest BCUT2D eigenvalue weighted by Crippen LogP contribution is -2.23. The van der Waals surface area contributed by atoms with Gasteiger partial charge in [0.25, 0.3) is 5.91 Å². The van der Waals surface area contributed by atoms with Gasteiger partial charge in [0.15, 0.2) is 5.82 Å². The smallest absolute Gasteiger partial charge is 0.253 e. The Labute approximate surface area is 204 Å². The minimum atomic E-state index is -0.170. The summed E-state index contributed by atoms with van der Waals surface area (Å²) in [5, 5.41) is 9.57. The van der Waals surface area contributed by atoms with Gasteiger partial charge in [0, 0.05) is 25.3 Å². The number of hydrogen-bond donors (Lipinski definition) is 3. The summed E-state index contributed by atoms with van der Waals surface area (Å²) in [7, 11) is 2.11. The maximum Gasteiger partial charge on any atom is 0.253 e. The van der Waals surface area contributed by atoms with Crippen LogP contribution in [0.2, 0.25) is 5.02 Å². The highest BCUT2D eigenvalue weighted by atomic mass is 35.5. The molecule has 1 aliphatic rings. The number of likely N-dealkylation sites (N-methyl/N-ethyl adjacent to an activating group) is 1. The summed E-state index contributed by atoms with van der Waals surface area (Å²) in [5.41, 5.74) is 2.99. The second-order valence-electron chi connectivity index (χ2n) is 8.31. The van der Waals surface area contributed by atoms with Gasteiger partial charge in [-0.15, -0.1) is 0 Å². The van der Waals surface area contributed by atoms with E-state index in [1.807, 2.05) is 44.2 Å². The molecule has 1 amide bonds. The number of para-hydroxylation sites is 1. The van der Waals surface area contributed by atoms with Gasteiger partial charge in [-0.3, -0.25) is 4.79 Å². The molecule has 1 saturated heterocycles. The first kappa shape index (κ1) is 23.8. The van der Waals surface area contributed by atoms with Gasteiger partial charge >= 0.3 is 0 Å². The zero-order valence-electron chi connectivity index (χ0n) is 19.6. The van der Waals surface area contributed by atoms with Crippen LogP contribution in [0.5, 0.6) is 5.75 Å². The number of benzene rings is 2. The first-order valence-corrected chi connectivity index (χ1v) is 11.7. The average molecular weight is 481 g/mol. The van der Waals surface area contributed by atoms with Crippen LogP contribution in [0.25, 0.3) is 0 Å². The van der Waals surface area contributed by atoms with Crippen LogP contribution in [0.15, 0.2) is 48.7 Å². The van der Waals surface area contributed by atoms with Crippen LogP contribution in [0, 0.1) is 6.92 Å². The summed E-state index contributed by atoms with van der Waals surface area (Å²) in [6.45, 7) is 6.42. The molecule has 3 N–H and O–H groups in total. The van der Waals surface area contributed by atoms with Crippen LogP contribution in [0.4, 0.5) is 23.1 Å². The molecule has 4 rings (SSSR count). The third-order valence-electron chi connectivity index (χ3n) is 5.60. The Morgan fingerprint density at radius 3 is 2.76 bits per heavy atom. The molecule has 0 aliphatic carbocycles. The monoisotopic (exact) mass is 480 g/mol.